The van der Waals surface area contributed by atoms with Crippen LogP contribution in [0.25, 0.3) is 0 Å². The van der Waals surface area contributed by atoms with Crippen LogP contribution in [-0.4, -0.2) is 20.3 Å². The second-order valence-electron chi connectivity index (χ2n) is 5.79. The zero-order chi connectivity index (χ0) is 15.6. The topological polar surface area (TPSA) is 46.2 Å². The fourth-order valence-corrected chi connectivity index (χ4v) is 4.91. The Labute approximate surface area is 142 Å². The molecule has 0 spiro atoms. The van der Waals surface area contributed by atoms with Crippen LogP contribution in [0.15, 0.2) is 32.0 Å². The maximum Gasteiger partial charge on any atom is 0.241 e. The largest absolute Gasteiger partial charge is 0.241 e. The summed E-state index contributed by atoms with van der Waals surface area (Å²) >= 11 is 12.7. The van der Waals surface area contributed by atoms with Crippen LogP contribution >= 0.6 is 43.5 Å². The van der Waals surface area contributed by atoms with E-state index in [4.69, 9.17) is 11.6 Å². The van der Waals surface area contributed by atoms with Crippen molar-refractivity contribution in [3.63, 3.8) is 0 Å². The van der Waals surface area contributed by atoms with Gasteiger partial charge in [0.1, 0.15) is 0 Å². The lowest BCUT2D eigenvalue weighted by Gasteiger charge is -2.22. The molecule has 0 fully saturated rings. The van der Waals surface area contributed by atoms with Crippen molar-refractivity contribution in [1.82, 2.24) is 4.72 Å². The van der Waals surface area contributed by atoms with Crippen LogP contribution in [0, 0.1) is 5.41 Å². The number of rotatable bonds is 5. The highest BCUT2D eigenvalue weighted by Gasteiger charge is 2.22. The van der Waals surface area contributed by atoms with Crippen molar-refractivity contribution in [1.29, 1.82) is 0 Å². The Kier molecular flexibility index (Phi) is 6.54. The standard InChI is InChI=1S/C13H18Br2ClNO2S/c1-13(2,3)7-10(16)8-17-20(18,19)12-6-9(14)4-5-11(12)15/h4-6,10,17H,7-8H2,1-3H3. The smallest absolute Gasteiger partial charge is 0.210 e. The molecule has 0 aromatic heterocycles. The van der Waals surface area contributed by atoms with Crippen LogP contribution in [0.2, 0.25) is 0 Å². The van der Waals surface area contributed by atoms with E-state index < -0.39 is 10.0 Å². The normalized spacial score (nSPS) is 14.3. The molecular weight excluding hydrogens is 429 g/mol. The van der Waals surface area contributed by atoms with E-state index in [1.54, 1.807) is 18.2 Å². The monoisotopic (exact) mass is 445 g/mol. The summed E-state index contributed by atoms with van der Waals surface area (Å²) < 4.78 is 28.3. The highest BCUT2D eigenvalue weighted by Crippen LogP contribution is 2.26. The summed E-state index contributed by atoms with van der Waals surface area (Å²) in [6, 6.07) is 5.01. The molecule has 0 aliphatic heterocycles. The zero-order valence-corrected chi connectivity index (χ0v) is 16.3. The van der Waals surface area contributed by atoms with E-state index in [1.807, 2.05) is 0 Å². The summed E-state index contributed by atoms with van der Waals surface area (Å²) in [5.74, 6) is 0. The molecule has 1 aromatic rings. The second-order valence-corrected chi connectivity index (χ2v) is 9.91. The second kappa shape index (κ2) is 7.09. The van der Waals surface area contributed by atoms with E-state index in [-0.39, 0.29) is 22.2 Å². The fourth-order valence-electron chi connectivity index (χ4n) is 1.70. The predicted molar refractivity (Wildman–Crippen MR) is 90.7 cm³/mol. The number of sulfonamides is 1. The molecule has 0 radical (unpaired) electrons. The van der Waals surface area contributed by atoms with Crippen LogP contribution < -0.4 is 4.72 Å². The van der Waals surface area contributed by atoms with Crippen LogP contribution in [0.1, 0.15) is 27.2 Å². The first-order valence-electron chi connectivity index (χ1n) is 6.10. The molecule has 0 heterocycles. The molecule has 114 valence electrons. The number of halogens is 3. The first-order chi connectivity index (χ1) is 9.01. The lowest BCUT2D eigenvalue weighted by Crippen LogP contribution is -2.31. The fraction of sp³-hybridized carbons (Fsp3) is 0.538. The number of nitrogens with one attached hydrogen (secondary N) is 1. The van der Waals surface area contributed by atoms with Gasteiger partial charge in [-0.3, -0.25) is 0 Å². The Balaban J connectivity index is 2.78. The summed E-state index contributed by atoms with van der Waals surface area (Å²) in [5, 5.41) is -0.240. The van der Waals surface area contributed by atoms with Gasteiger partial charge in [-0.15, -0.1) is 11.6 Å². The van der Waals surface area contributed by atoms with Crippen molar-refractivity contribution in [2.24, 2.45) is 5.41 Å². The van der Waals surface area contributed by atoms with Gasteiger partial charge < -0.3 is 0 Å². The molecule has 0 amide bonds. The van der Waals surface area contributed by atoms with Crippen molar-refractivity contribution in [2.45, 2.75) is 37.5 Å². The van der Waals surface area contributed by atoms with Gasteiger partial charge in [0.2, 0.25) is 10.0 Å². The SMILES string of the molecule is CC(C)(C)CC(Cl)CNS(=O)(=O)c1cc(Br)ccc1Br. The molecule has 1 N–H and O–H groups in total. The van der Waals surface area contributed by atoms with Gasteiger partial charge >= 0.3 is 0 Å². The van der Waals surface area contributed by atoms with E-state index in [0.29, 0.717) is 8.95 Å². The Morgan fingerprint density at radius 3 is 2.45 bits per heavy atom. The molecule has 7 heteroatoms. The van der Waals surface area contributed by atoms with Gasteiger partial charge in [0.25, 0.3) is 0 Å². The first-order valence-corrected chi connectivity index (χ1v) is 9.60. The van der Waals surface area contributed by atoms with Crippen LogP contribution in [0.3, 0.4) is 0 Å². The Hall–Kier alpha value is 0.380. The minimum Gasteiger partial charge on any atom is -0.210 e. The quantitative estimate of drug-likeness (QED) is 0.674. The molecule has 1 rings (SSSR count). The summed E-state index contributed by atoms with van der Waals surface area (Å²) in [6.45, 7) is 6.42. The van der Waals surface area contributed by atoms with E-state index in [1.165, 1.54) is 0 Å². The Morgan fingerprint density at radius 1 is 1.30 bits per heavy atom. The molecule has 0 saturated carbocycles. The molecule has 1 atom stereocenters. The van der Waals surface area contributed by atoms with Crippen LogP contribution in [0.4, 0.5) is 0 Å². The third kappa shape index (κ3) is 6.02. The van der Waals surface area contributed by atoms with Crippen LogP contribution in [-0.2, 0) is 10.0 Å². The molecule has 3 nitrogen and oxygen atoms in total. The minimum absolute atomic E-state index is 0.0637. The Morgan fingerprint density at radius 2 is 1.90 bits per heavy atom. The molecule has 20 heavy (non-hydrogen) atoms. The van der Waals surface area contributed by atoms with Crippen molar-refractivity contribution >= 4 is 53.5 Å². The lowest BCUT2D eigenvalue weighted by molar-refractivity contribution is 0.369. The highest BCUT2D eigenvalue weighted by molar-refractivity contribution is 9.11. The third-order valence-electron chi connectivity index (χ3n) is 2.51. The van der Waals surface area contributed by atoms with Gasteiger partial charge in [0, 0.05) is 20.9 Å². The highest BCUT2D eigenvalue weighted by atomic mass is 79.9. The molecule has 0 aliphatic rings. The Bertz CT molecular complexity index is 570. The van der Waals surface area contributed by atoms with Crippen molar-refractivity contribution in [3.8, 4) is 0 Å². The van der Waals surface area contributed by atoms with E-state index >= 15 is 0 Å². The van der Waals surface area contributed by atoms with E-state index in [9.17, 15) is 8.42 Å². The van der Waals surface area contributed by atoms with Crippen molar-refractivity contribution in [3.05, 3.63) is 27.1 Å². The maximum absolute atomic E-state index is 12.3. The summed E-state index contributed by atoms with van der Waals surface area (Å²) in [5.41, 5.74) is 0.0637. The van der Waals surface area contributed by atoms with Gasteiger partial charge in [-0.05, 0) is 46.0 Å². The summed E-state index contributed by atoms with van der Waals surface area (Å²) in [4.78, 5) is 0.200. The average Bonchev–Trinajstić information content (AvgIpc) is 2.27. The third-order valence-corrected chi connectivity index (χ3v) is 5.73. The number of benzene rings is 1. The average molecular weight is 448 g/mol. The molecule has 1 aromatic carbocycles. The van der Waals surface area contributed by atoms with Gasteiger partial charge in [-0.25, -0.2) is 13.1 Å². The van der Waals surface area contributed by atoms with E-state index in [0.717, 1.165) is 6.42 Å². The van der Waals surface area contributed by atoms with E-state index in [2.05, 4.69) is 57.4 Å². The molecule has 1 unspecified atom stereocenters. The number of alkyl halides is 1. The molecular formula is C13H18Br2ClNO2S. The van der Waals surface area contributed by atoms with Gasteiger partial charge in [-0.2, -0.15) is 0 Å². The maximum atomic E-state index is 12.3. The summed E-state index contributed by atoms with van der Waals surface area (Å²) in [6.07, 6.45) is 0.733. The molecule has 0 bridgehead atoms. The zero-order valence-electron chi connectivity index (χ0n) is 11.6. The van der Waals surface area contributed by atoms with Gasteiger partial charge in [-0.1, -0.05) is 36.7 Å². The minimum atomic E-state index is -3.58. The summed E-state index contributed by atoms with van der Waals surface area (Å²) in [7, 11) is -3.58. The van der Waals surface area contributed by atoms with Crippen LogP contribution in [0.5, 0.6) is 0 Å². The van der Waals surface area contributed by atoms with Crippen molar-refractivity contribution in [2.75, 3.05) is 6.54 Å². The number of hydrogen-bond acceptors (Lipinski definition) is 2. The van der Waals surface area contributed by atoms with Gasteiger partial charge in [0.05, 0.1) is 4.90 Å². The van der Waals surface area contributed by atoms with Crippen molar-refractivity contribution < 1.29 is 8.42 Å². The number of hydrogen-bond donors (Lipinski definition) is 1. The lowest BCUT2D eigenvalue weighted by atomic mass is 9.90. The molecule has 0 saturated heterocycles. The predicted octanol–water partition coefficient (Wildman–Crippen LogP) is 4.53. The first kappa shape index (κ1) is 18.4. The molecule has 0 aliphatic carbocycles. The van der Waals surface area contributed by atoms with Gasteiger partial charge in [0.15, 0.2) is 0 Å².